The van der Waals surface area contributed by atoms with Crippen LogP contribution in [-0.4, -0.2) is 65.9 Å². The van der Waals surface area contributed by atoms with E-state index in [-0.39, 0.29) is 17.6 Å². The summed E-state index contributed by atoms with van der Waals surface area (Å²) in [5.41, 5.74) is 2.06. The summed E-state index contributed by atoms with van der Waals surface area (Å²) in [6.07, 6.45) is 2.38. The third kappa shape index (κ3) is 5.48. The number of hydrogen-bond acceptors (Lipinski definition) is 5. The van der Waals surface area contributed by atoms with Gasteiger partial charge in [-0.05, 0) is 30.0 Å². The summed E-state index contributed by atoms with van der Waals surface area (Å²) in [4.78, 5) is 27.0. The van der Waals surface area contributed by atoms with Gasteiger partial charge in [-0.25, -0.2) is 14.4 Å². The van der Waals surface area contributed by atoms with E-state index in [1.807, 2.05) is 42.1 Å². The lowest BCUT2D eigenvalue weighted by molar-refractivity contribution is -0.129. The summed E-state index contributed by atoms with van der Waals surface area (Å²) in [7, 11) is 3.92. The second-order valence-electron chi connectivity index (χ2n) is 7.66. The minimum Gasteiger partial charge on any atom is -0.363 e. The Kier molecular flexibility index (Phi) is 6.57. The number of amides is 1. The van der Waals surface area contributed by atoms with Gasteiger partial charge < -0.3 is 9.80 Å². The lowest BCUT2D eigenvalue weighted by atomic mass is 10.0. The van der Waals surface area contributed by atoms with E-state index >= 15 is 0 Å². The van der Waals surface area contributed by atoms with Crippen LogP contribution >= 0.6 is 0 Å². The highest BCUT2D eigenvalue weighted by Crippen LogP contribution is 2.18. The maximum Gasteiger partial charge on any atom is 0.219 e. The van der Waals surface area contributed by atoms with Crippen LogP contribution in [0.25, 0.3) is 0 Å². The molecule has 7 heteroatoms. The topological polar surface area (TPSA) is 52.6 Å². The fraction of sp³-hybridized carbons (Fsp3) is 0.476. The van der Waals surface area contributed by atoms with Gasteiger partial charge in [-0.2, -0.15) is 0 Å². The molecular weight excluding hydrogens is 357 g/mol. The second-order valence-corrected chi connectivity index (χ2v) is 7.66. The summed E-state index contributed by atoms with van der Waals surface area (Å²) in [6.45, 7) is 5.47. The Labute approximate surface area is 166 Å². The quantitative estimate of drug-likeness (QED) is 0.790. The van der Waals surface area contributed by atoms with Crippen LogP contribution in [0.2, 0.25) is 0 Å². The molecule has 3 rings (SSSR count). The van der Waals surface area contributed by atoms with Gasteiger partial charge in [0.05, 0.1) is 0 Å². The van der Waals surface area contributed by atoms with E-state index in [2.05, 4.69) is 14.9 Å². The smallest absolute Gasteiger partial charge is 0.219 e. The fourth-order valence-corrected chi connectivity index (χ4v) is 3.62. The van der Waals surface area contributed by atoms with Crippen molar-refractivity contribution < 1.29 is 9.18 Å². The Morgan fingerprint density at radius 2 is 1.93 bits per heavy atom. The zero-order chi connectivity index (χ0) is 20.1. The molecule has 150 valence electrons. The highest BCUT2D eigenvalue weighted by molar-refractivity contribution is 5.73. The number of hydrogen-bond donors (Lipinski definition) is 0. The van der Waals surface area contributed by atoms with Crippen molar-refractivity contribution in [3.8, 4) is 0 Å². The molecule has 1 amide bonds. The second kappa shape index (κ2) is 9.10. The molecule has 1 saturated heterocycles. The first-order valence-corrected chi connectivity index (χ1v) is 9.61. The highest BCUT2D eigenvalue weighted by atomic mass is 19.1. The maximum atomic E-state index is 13.2. The first-order valence-electron chi connectivity index (χ1n) is 9.61. The van der Waals surface area contributed by atoms with E-state index in [0.717, 1.165) is 49.7 Å². The lowest BCUT2D eigenvalue weighted by Crippen LogP contribution is -2.34. The van der Waals surface area contributed by atoms with Crippen molar-refractivity contribution in [2.24, 2.45) is 5.92 Å². The molecule has 28 heavy (non-hydrogen) atoms. The molecule has 0 bridgehead atoms. The molecule has 1 fully saturated rings. The number of halogens is 1. The van der Waals surface area contributed by atoms with Crippen molar-refractivity contribution in [3.63, 3.8) is 0 Å². The minimum atomic E-state index is -0.222. The molecule has 6 nitrogen and oxygen atoms in total. The zero-order valence-corrected chi connectivity index (χ0v) is 16.8. The van der Waals surface area contributed by atoms with Gasteiger partial charge >= 0.3 is 0 Å². The van der Waals surface area contributed by atoms with Crippen LogP contribution in [0.3, 0.4) is 0 Å². The average Bonchev–Trinajstić information content (AvgIpc) is 2.86. The lowest BCUT2D eigenvalue weighted by Gasteiger charge is -2.24. The van der Waals surface area contributed by atoms with Crippen molar-refractivity contribution in [3.05, 3.63) is 53.7 Å². The first-order chi connectivity index (χ1) is 13.4. The van der Waals surface area contributed by atoms with Gasteiger partial charge in [-0.1, -0.05) is 12.1 Å². The molecule has 2 aromatic rings. The molecule has 0 N–H and O–H groups in total. The molecule has 1 atom stereocenters. The summed E-state index contributed by atoms with van der Waals surface area (Å²) in [6, 6.07) is 8.65. The van der Waals surface area contributed by atoms with Crippen molar-refractivity contribution in [2.45, 2.75) is 19.9 Å². The Morgan fingerprint density at radius 1 is 1.18 bits per heavy atom. The predicted octanol–water partition coefficient (Wildman–Crippen LogP) is 2.20. The molecule has 1 aliphatic heterocycles. The molecule has 0 saturated carbocycles. The van der Waals surface area contributed by atoms with Crippen LogP contribution in [0.15, 0.2) is 36.7 Å². The SMILES string of the molecule is CC(=O)N1CCN(Cc2ccc(F)cc2)C[C@@H](Cc2cc(N(C)C)ncn2)C1. The van der Waals surface area contributed by atoms with Crippen molar-refractivity contribution in [1.29, 1.82) is 0 Å². The summed E-state index contributed by atoms with van der Waals surface area (Å²) < 4.78 is 13.2. The Morgan fingerprint density at radius 3 is 2.61 bits per heavy atom. The normalized spacial score (nSPS) is 18.0. The molecule has 1 aliphatic rings. The number of benzene rings is 1. The number of nitrogens with zero attached hydrogens (tertiary/aromatic N) is 5. The minimum absolute atomic E-state index is 0.102. The molecule has 0 spiro atoms. The van der Waals surface area contributed by atoms with E-state index < -0.39 is 0 Å². The highest BCUT2D eigenvalue weighted by Gasteiger charge is 2.25. The van der Waals surface area contributed by atoms with Gasteiger partial charge in [-0.15, -0.1) is 0 Å². The molecule has 1 aromatic heterocycles. The van der Waals surface area contributed by atoms with Gasteiger partial charge in [0.15, 0.2) is 0 Å². The monoisotopic (exact) mass is 385 g/mol. The fourth-order valence-electron chi connectivity index (χ4n) is 3.62. The Bertz CT molecular complexity index is 796. The number of rotatable bonds is 5. The van der Waals surface area contributed by atoms with E-state index in [1.165, 1.54) is 12.1 Å². The van der Waals surface area contributed by atoms with Crippen LogP contribution in [0.4, 0.5) is 10.2 Å². The van der Waals surface area contributed by atoms with Crippen molar-refractivity contribution in [1.82, 2.24) is 19.8 Å². The van der Waals surface area contributed by atoms with Gasteiger partial charge in [0.1, 0.15) is 18.0 Å². The largest absolute Gasteiger partial charge is 0.363 e. The average molecular weight is 385 g/mol. The molecular formula is C21H28FN5O. The van der Waals surface area contributed by atoms with E-state index in [1.54, 1.807) is 13.3 Å². The predicted molar refractivity (Wildman–Crippen MR) is 107 cm³/mol. The first kappa shape index (κ1) is 20.2. The van der Waals surface area contributed by atoms with E-state index in [0.29, 0.717) is 6.54 Å². The number of carbonyl (C=O) groups excluding carboxylic acids is 1. The number of carbonyl (C=O) groups is 1. The van der Waals surface area contributed by atoms with Crippen molar-refractivity contribution in [2.75, 3.05) is 45.2 Å². The third-order valence-electron chi connectivity index (χ3n) is 5.11. The molecule has 0 aliphatic carbocycles. The summed E-state index contributed by atoms with van der Waals surface area (Å²) in [5.74, 6) is 1.04. The molecule has 0 unspecified atom stereocenters. The molecule has 2 heterocycles. The van der Waals surface area contributed by atoms with E-state index in [9.17, 15) is 9.18 Å². The molecule has 0 radical (unpaired) electrons. The van der Waals surface area contributed by atoms with Crippen LogP contribution in [0.1, 0.15) is 18.2 Å². The maximum absolute atomic E-state index is 13.2. The van der Waals surface area contributed by atoms with Crippen LogP contribution < -0.4 is 4.90 Å². The Balaban J connectivity index is 1.73. The van der Waals surface area contributed by atoms with E-state index in [4.69, 9.17) is 0 Å². The standard InChI is InChI=1S/C21H28FN5O/c1-16(28)27-9-8-26(12-17-4-6-19(22)7-5-17)13-18(14-27)10-20-11-21(25(2)3)24-15-23-20/h4-7,11,15,18H,8-10,12-14H2,1-3H3/t18-/m1/s1. The summed E-state index contributed by atoms with van der Waals surface area (Å²) >= 11 is 0. The van der Waals surface area contributed by atoms with Gasteiger partial charge in [-0.3, -0.25) is 9.69 Å². The Hall–Kier alpha value is -2.54. The zero-order valence-electron chi connectivity index (χ0n) is 16.8. The van der Waals surface area contributed by atoms with Crippen molar-refractivity contribution >= 4 is 11.7 Å². The number of anilines is 1. The summed E-state index contributed by atoms with van der Waals surface area (Å²) in [5, 5.41) is 0. The van der Waals surface area contributed by atoms with Gasteiger partial charge in [0.25, 0.3) is 0 Å². The van der Waals surface area contributed by atoms with Gasteiger partial charge in [0, 0.05) is 65.5 Å². The van der Waals surface area contributed by atoms with Gasteiger partial charge in [0.2, 0.25) is 5.91 Å². The van der Waals surface area contributed by atoms with Crippen LogP contribution in [-0.2, 0) is 17.8 Å². The van der Waals surface area contributed by atoms with Crippen LogP contribution in [0, 0.1) is 11.7 Å². The van der Waals surface area contributed by atoms with Crippen LogP contribution in [0.5, 0.6) is 0 Å². The third-order valence-corrected chi connectivity index (χ3v) is 5.11. The number of aromatic nitrogens is 2. The molecule has 1 aromatic carbocycles.